The second-order valence-corrected chi connectivity index (χ2v) is 7.89. The van der Waals surface area contributed by atoms with Crippen molar-refractivity contribution < 1.29 is 28.1 Å². The van der Waals surface area contributed by atoms with E-state index in [0.29, 0.717) is 37.4 Å². The monoisotopic (exact) mass is 419 g/mol. The summed E-state index contributed by atoms with van der Waals surface area (Å²) in [4.78, 5) is 0. The number of methoxy groups -OCH3 is 1. The Morgan fingerprint density at radius 1 is 0.967 bits per heavy atom. The van der Waals surface area contributed by atoms with E-state index in [9.17, 15) is 13.9 Å². The number of aliphatic hydroxyl groups is 1. The average Bonchev–Trinajstić information content (AvgIpc) is 2.76. The van der Waals surface area contributed by atoms with Crippen molar-refractivity contribution in [2.75, 3.05) is 20.2 Å². The van der Waals surface area contributed by atoms with Crippen LogP contribution in [0.3, 0.4) is 0 Å². The van der Waals surface area contributed by atoms with Gasteiger partial charge < -0.3 is 24.6 Å². The zero-order valence-electron chi connectivity index (χ0n) is 16.9. The van der Waals surface area contributed by atoms with Crippen molar-refractivity contribution in [2.45, 2.75) is 50.1 Å². The van der Waals surface area contributed by atoms with Gasteiger partial charge in [0.15, 0.2) is 0 Å². The molecule has 1 unspecified atom stereocenters. The summed E-state index contributed by atoms with van der Waals surface area (Å²) in [6.45, 7) is 0.846. The third kappa shape index (κ3) is 4.74. The lowest BCUT2D eigenvalue weighted by atomic mass is 9.98. The van der Waals surface area contributed by atoms with E-state index < -0.39 is 6.10 Å². The number of benzene rings is 2. The Kier molecular flexibility index (Phi) is 6.51. The summed E-state index contributed by atoms with van der Waals surface area (Å²) >= 11 is 0. The molecule has 0 radical (unpaired) electrons. The van der Waals surface area contributed by atoms with E-state index in [4.69, 9.17) is 14.2 Å². The van der Waals surface area contributed by atoms with Gasteiger partial charge in [-0.3, -0.25) is 0 Å². The van der Waals surface area contributed by atoms with Crippen LogP contribution in [0.2, 0.25) is 0 Å². The number of aryl methyl sites for hydroxylation is 2. The number of ether oxygens (including phenoxy) is 3. The molecule has 4 atom stereocenters. The third-order valence-electron chi connectivity index (χ3n) is 5.84. The van der Waals surface area contributed by atoms with E-state index in [1.54, 1.807) is 19.2 Å². The van der Waals surface area contributed by atoms with Crippen LogP contribution in [0.5, 0.6) is 11.5 Å². The standard InChI is InChI=1S/C23H27F2NO4/c1-28-23(22-7-3-15-11-17(25)5-9-20(15)30-22)13-26-12-18(27)21-6-2-14-10-16(24)4-8-19(14)29-21/h4-5,8-11,18,21-23,26-27H,2-3,6-7,12-13H2,1H3/t18-,21-,22?,23-/m1/s1. The Balaban J connectivity index is 1.27. The first-order chi connectivity index (χ1) is 14.5. The molecule has 30 heavy (non-hydrogen) atoms. The molecule has 2 aliphatic heterocycles. The van der Waals surface area contributed by atoms with Gasteiger partial charge in [0.2, 0.25) is 0 Å². The molecule has 2 N–H and O–H groups in total. The summed E-state index contributed by atoms with van der Waals surface area (Å²) < 4.78 is 44.2. The molecule has 0 saturated carbocycles. The highest BCUT2D eigenvalue weighted by Gasteiger charge is 2.30. The summed E-state index contributed by atoms with van der Waals surface area (Å²) in [5.74, 6) is 0.793. The first-order valence-electron chi connectivity index (χ1n) is 10.3. The van der Waals surface area contributed by atoms with Gasteiger partial charge in [0.05, 0.1) is 0 Å². The van der Waals surface area contributed by atoms with Crippen LogP contribution >= 0.6 is 0 Å². The van der Waals surface area contributed by atoms with E-state index in [2.05, 4.69) is 5.32 Å². The van der Waals surface area contributed by atoms with Crippen molar-refractivity contribution in [1.82, 2.24) is 5.32 Å². The molecule has 2 heterocycles. The van der Waals surface area contributed by atoms with Gasteiger partial charge in [-0.1, -0.05) is 0 Å². The van der Waals surface area contributed by atoms with Gasteiger partial charge in [-0.2, -0.15) is 0 Å². The molecular formula is C23H27F2NO4. The molecule has 0 amide bonds. The Labute approximate surface area is 175 Å². The highest BCUT2D eigenvalue weighted by molar-refractivity contribution is 5.36. The fourth-order valence-corrected chi connectivity index (χ4v) is 4.16. The first-order valence-corrected chi connectivity index (χ1v) is 10.3. The average molecular weight is 419 g/mol. The van der Waals surface area contributed by atoms with Crippen molar-refractivity contribution in [2.24, 2.45) is 0 Å². The number of hydrogen-bond acceptors (Lipinski definition) is 5. The summed E-state index contributed by atoms with van der Waals surface area (Å²) in [5.41, 5.74) is 1.71. The number of nitrogens with one attached hydrogen (secondary N) is 1. The number of fused-ring (bicyclic) bond motifs is 2. The minimum absolute atomic E-state index is 0.148. The summed E-state index contributed by atoms with van der Waals surface area (Å²) in [6, 6.07) is 9.03. The predicted octanol–water partition coefficient (Wildman–Crippen LogP) is 3.02. The molecule has 162 valence electrons. The SMILES string of the molecule is CO[C@H](CNC[C@@H](O)[C@H]1CCc2cc(F)ccc2O1)C1CCc2cc(F)ccc2O1. The molecule has 2 aliphatic rings. The fourth-order valence-electron chi connectivity index (χ4n) is 4.16. The predicted molar refractivity (Wildman–Crippen MR) is 108 cm³/mol. The maximum atomic E-state index is 13.4. The molecular weight excluding hydrogens is 392 g/mol. The Hall–Kier alpha value is -2.22. The zero-order valence-corrected chi connectivity index (χ0v) is 16.9. The second kappa shape index (κ2) is 9.29. The van der Waals surface area contributed by atoms with Crippen LogP contribution in [0.1, 0.15) is 24.0 Å². The normalized spacial score (nSPS) is 22.3. The molecule has 2 aromatic carbocycles. The van der Waals surface area contributed by atoms with Crippen molar-refractivity contribution in [3.8, 4) is 11.5 Å². The van der Waals surface area contributed by atoms with E-state index in [1.807, 2.05) is 0 Å². The molecule has 7 heteroatoms. The quantitative estimate of drug-likeness (QED) is 0.723. The number of aliphatic hydroxyl groups excluding tert-OH is 1. The van der Waals surface area contributed by atoms with Crippen LogP contribution in [0.15, 0.2) is 36.4 Å². The van der Waals surface area contributed by atoms with Crippen molar-refractivity contribution in [3.05, 3.63) is 59.2 Å². The maximum absolute atomic E-state index is 13.4. The molecule has 0 spiro atoms. The smallest absolute Gasteiger partial charge is 0.126 e. The molecule has 5 nitrogen and oxygen atoms in total. The van der Waals surface area contributed by atoms with Gasteiger partial charge in [0, 0.05) is 20.2 Å². The number of halogens is 2. The Morgan fingerprint density at radius 2 is 1.53 bits per heavy atom. The lowest BCUT2D eigenvalue weighted by molar-refractivity contribution is -0.0124. The van der Waals surface area contributed by atoms with Gasteiger partial charge >= 0.3 is 0 Å². The van der Waals surface area contributed by atoms with Gasteiger partial charge in [-0.05, 0) is 73.2 Å². The van der Waals surface area contributed by atoms with Crippen LogP contribution in [0.25, 0.3) is 0 Å². The molecule has 0 aliphatic carbocycles. The highest BCUT2D eigenvalue weighted by atomic mass is 19.1. The lowest BCUT2D eigenvalue weighted by Crippen LogP contribution is -2.47. The second-order valence-electron chi connectivity index (χ2n) is 7.89. The minimum atomic E-state index is -0.698. The largest absolute Gasteiger partial charge is 0.487 e. The minimum Gasteiger partial charge on any atom is -0.487 e. The molecule has 0 aromatic heterocycles. The fraction of sp³-hybridized carbons (Fsp3) is 0.478. The molecule has 4 rings (SSSR count). The van der Waals surface area contributed by atoms with Gasteiger partial charge in [-0.15, -0.1) is 0 Å². The van der Waals surface area contributed by atoms with Gasteiger partial charge in [0.1, 0.15) is 47.5 Å². The van der Waals surface area contributed by atoms with Crippen molar-refractivity contribution >= 4 is 0 Å². The molecule has 0 fully saturated rings. The Bertz CT molecular complexity index is 878. The van der Waals surface area contributed by atoms with Crippen molar-refractivity contribution in [3.63, 3.8) is 0 Å². The van der Waals surface area contributed by atoms with E-state index in [-0.39, 0.29) is 29.9 Å². The van der Waals surface area contributed by atoms with Gasteiger partial charge in [-0.25, -0.2) is 8.78 Å². The van der Waals surface area contributed by atoms with Crippen LogP contribution in [0.4, 0.5) is 8.78 Å². The Morgan fingerprint density at radius 3 is 2.13 bits per heavy atom. The highest BCUT2D eigenvalue weighted by Crippen LogP contribution is 2.30. The first kappa shape index (κ1) is 21.0. The van der Waals surface area contributed by atoms with E-state index in [1.165, 1.54) is 24.3 Å². The summed E-state index contributed by atoms with van der Waals surface area (Å²) in [6.07, 6.45) is 1.38. The van der Waals surface area contributed by atoms with Crippen LogP contribution < -0.4 is 14.8 Å². The number of hydrogen-bond donors (Lipinski definition) is 2. The third-order valence-corrected chi connectivity index (χ3v) is 5.84. The maximum Gasteiger partial charge on any atom is 0.126 e. The van der Waals surface area contributed by atoms with Crippen LogP contribution in [-0.4, -0.2) is 49.7 Å². The lowest BCUT2D eigenvalue weighted by Gasteiger charge is -2.33. The van der Waals surface area contributed by atoms with Crippen LogP contribution in [-0.2, 0) is 17.6 Å². The van der Waals surface area contributed by atoms with Crippen LogP contribution in [0, 0.1) is 11.6 Å². The van der Waals surface area contributed by atoms with E-state index in [0.717, 1.165) is 24.0 Å². The molecule has 0 saturated heterocycles. The molecule has 2 aromatic rings. The van der Waals surface area contributed by atoms with Crippen molar-refractivity contribution in [1.29, 1.82) is 0 Å². The van der Waals surface area contributed by atoms with E-state index >= 15 is 0 Å². The summed E-state index contributed by atoms with van der Waals surface area (Å²) in [5, 5.41) is 13.8. The van der Waals surface area contributed by atoms with Gasteiger partial charge in [0.25, 0.3) is 0 Å². The topological polar surface area (TPSA) is 60.0 Å². The number of rotatable bonds is 7. The zero-order chi connectivity index (χ0) is 21.1. The summed E-state index contributed by atoms with van der Waals surface area (Å²) in [7, 11) is 1.63. The molecule has 0 bridgehead atoms.